The summed E-state index contributed by atoms with van der Waals surface area (Å²) < 4.78 is 0.616. The number of halogens is 3. The molecule has 1 aromatic rings. The Kier molecular flexibility index (Phi) is 9.26. The molecule has 1 aromatic carbocycles. The fourth-order valence-corrected chi connectivity index (χ4v) is 3.13. The molecule has 1 atom stereocenters. The fraction of sp³-hybridized carbons (Fsp3) is 0.538. The number of phenols is 1. The number of hydrogen-bond acceptors (Lipinski definition) is 5. The van der Waals surface area contributed by atoms with Crippen molar-refractivity contribution in [2.75, 3.05) is 26.2 Å². The number of nitrogens with one attached hydrogen (secondary N) is 1. The number of aromatic hydroxyl groups is 1. The van der Waals surface area contributed by atoms with Crippen molar-refractivity contribution in [1.29, 1.82) is 0 Å². The molecule has 2 N–H and O–H groups in total. The minimum absolute atomic E-state index is 0. The predicted molar refractivity (Wildman–Crippen MR) is 94.4 cm³/mol. The van der Waals surface area contributed by atoms with Gasteiger partial charge in [-0.05, 0) is 12.5 Å². The van der Waals surface area contributed by atoms with Crippen LogP contribution >= 0.6 is 40.7 Å². The zero-order chi connectivity index (χ0) is 14.7. The average Bonchev–Trinajstić information content (AvgIpc) is 2.44. The number of nitro benzene ring substituents is 1. The van der Waals surface area contributed by atoms with E-state index in [4.69, 9.17) is 0 Å². The number of hydrogen-bond donors (Lipinski definition) is 2. The van der Waals surface area contributed by atoms with Gasteiger partial charge in [-0.3, -0.25) is 15.0 Å². The summed E-state index contributed by atoms with van der Waals surface area (Å²) in [7, 11) is 0. The van der Waals surface area contributed by atoms with E-state index in [1.54, 1.807) is 6.07 Å². The lowest BCUT2D eigenvalue weighted by Crippen LogP contribution is -2.45. The Morgan fingerprint density at radius 1 is 1.41 bits per heavy atom. The molecule has 1 aliphatic rings. The average molecular weight is 417 g/mol. The lowest BCUT2D eigenvalue weighted by Gasteiger charge is -2.34. The van der Waals surface area contributed by atoms with Gasteiger partial charge in [0.25, 0.3) is 0 Å². The van der Waals surface area contributed by atoms with Crippen LogP contribution in [-0.4, -0.2) is 41.1 Å². The van der Waals surface area contributed by atoms with Crippen LogP contribution < -0.4 is 5.32 Å². The van der Waals surface area contributed by atoms with Gasteiger partial charge in [-0.25, -0.2) is 0 Å². The minimum Gasteiger partial charge on any atom is -0.502 e. The van der Waals surface area contributed by atoms with Crippen molar-refractivity contribution in [3.63, 3.8) is 0 Å². The van der Waals surface area contributed by atoms with Gasteiger partial charge in [-0.2, -0.15) is 0 Å². The van der Waals surface area contributed by atoms with E-state index < -0.39 is 4.92 Å². The summed E-state index contributed by atoms with van der Waals surface area (Å²) >= 11 is 3.29. The van der Waals surface area contributed by atoms with Gasteiger partial charge in [0.1, 0.15) is 0 Å². The van der Waals surface area contributed by atoms with Crippen LogP contribution in [0.2, 0.25) is 0 Å². The van der Waals surface area contributed by atoms with E-state index in [-0.39, 0.29) is 42.3 Å². The van der Waals surface area contributed by atoms with Crippen LogP contribution in [0.4, 0.5) is 5.69 Å². The van der Waals surface area contributed by atoms with Gasteiger partial charge in [0.15, 0.2) is 5.75 Å². The zero-order valence-electron chi connectivity index (χ0n) is 12.1. The molecule has 0 amide bonds. The van der Waals surface area contributed by atoms with E-state index in [0.717, 1.165) is 32.6 Å². The second kappa shape index (κ2) is 9.52. The Labute approximate surface area is 150 Å². The highest BCUT2D eigenvalue weighted by Crippen LogP contribution is 2.39. The molecule has 0 spiro atoms. The van der Waals surface area contributed by atoms with Crippen molar-refractivity contribution in [2.24, 2.45) is 0 Å². The third kappa shape index (κ3) is 4.70. The molecule has 22 heavy (non-hydrogen) atoms. The van der Waals surface area contributed by atoms with Crippen LogP contribution in [0.1, 0.15) is 24.9 Å². The molecule has 0 aromatic heterocycles. The van der Waals surface area contributed by atoms with Gasteiger partial charge in [-0.15, -0.1) is 24.8 Å². The van der Waals surface area contributed by atoms with Crippen molar-refractivity contribution < 1.29 is 10.0 Å². The summed E-state index contributed by atoms with van der Waals surface area (Å²) in [5.74, 6) is -0.219. The molecule has 126 valence electrons. The number of benzene rings is 1. The van der Waals surface area contributed by atoms with E-state index >= 15 is 0 Å². The molecule has 1 fully saturated rings. The van der Waals surface area contributed by atoms with Gasteiger partial charge < -0.3 is 10.4 Å². The molecule has 1 heterocycles. The van der Waals surface area contributed by atoms with E-state index in [9.17, 15) is 15.2 Å². The molecule has 2 rings (SSSR count). The lowest BCUT2D eigenvalue weighted by molar-refractivity contribution is -0.386. The third-order valence-electron chi connectivity index (χ3n) is 3.62. The highest BCUT2D eigenvalue weighted by Gasteiger charge is 2.27. The van der Waals surface area contributed by atoms with Gasteiger partial charge in [0.05, 0.1) is 4.92 Å². The van der Waals surface area contributed by atoms with Gasteiger partial charge >= 0.3 is 5.69 Å². The van der Waals surface area contributed by atoms with E-state index in [0.29, 0.717) is 10.0 Å². The first-order valence-corrected chi connectivity index (χ1v) is 7.45. The standard InChI is InChI=1S/C13H18BrN3O3.2ClH/c1-2-11(16-5-3-15-4-6-16)10-7-9(14)8-12(13(10)18)17(19)20;;/h7-8,11,15,18H,2-6H2,1H3;2*1H/t11-;;/m1../s1. The molecule has 0 bridgehead atoms. The van der Waals surface area contributed by atoms with E-state index in [1.807, 2.05) is 6.92 Å². The van der Waals surface area contributed by atoms with Crippen molar-refractivity contribution >= 4 is 46.4 Å². The van der Waals surface area contributed by atoms with Crippen molar-refractivity contribution in [3.8, 4) is 5.75 Å². The molecule has 9 heteroatoms. The summed E-state index contributed by atoms with van der Waals surface area (Å²) in [6.07, 6.45) is 0.793. The normalized spacial score (nSPS) is 16.3. The van der Waals surface area contributed by atoms with Crippen LogP contribution in [0.3, 0.4) is 0 Å². The zero-order valence-corrected chi connectivity index (χ0v) is 15.3. The minimum atomic E-state index is -0.548. The van der Waals surface area contributed by atoms with Gasteiger partial charge in [-0.1, -0.05) is 22.9 Å². The summed E-state index contributed by atoms with van der Waals surface area (Å²) in [6, 6.07) is 3.11. The van der Waals surface area contributed by atoms with Crippen molar-refractivity contribution in [1.82, 2.24) is 10.2 Å². The fourth-order valence-electron chi connectivity index (χ4n) is 2.67. The van der Waals surface area contributed by atoms with Crippen LogP contribution in [0, 0.1) is 10.1 Å². The second-order valence-electron chi connectivity index (χ2n) is 4.83. The van der Waals surface area contributed by atoms with Gasteiger partial charge in [0, 0.05) is 48.3 Å². The molecular formula is C13H20BrCl2N3O3. The largest absolute Gasteiger partial charge is 0.502 e. The predicted octanol–water partition coefficient (Wildman–Crippen LogP) is 3.26. The molecule has 0 unspecified atom stereocenters. The number of phenolic OH excluding ortho intramolecular Hbond substituents is 1. The summed E-state index contributed by atoms with van der Waals surface area (Å²) in [4.78, 5) is 12.7. The van der Waals surface area contributed by atoms with Crippen LogP contribution in [-0.2, 0) is 0 Å². The highest BCUT2D eigenvalue weighted by atomic mass is 79.9. The topological polar surface area (TPSA) is 78.6 Å². The van der Waals surface area contributed by atoms with Crippen molar-refractivity contribution in [2.45, 2.75) is 19.4 Å². The summed E-state index contributed by atoms with van der Waals surface area (Å²) in [6.45, 7) is 5.57. The van der Waals surface area contributed by atoms with Gasteiger partial charge in [0.2, 0.25) is 0 Å². The maximum absolute atomic E-state index is 11.0. The van der Waals surface area contributed by atoms with Crippen LogP contribution in [0.5, 0.6) is 5.75 Å². The number of nitro groups is 1. The first-order valence-electron chi connectivity index (χ1n) is 6.66. The molecule has 0 aliphatic carbocycles. The molecule has 0 radical (unpaired) electrons. The first kappa shape index (κ1) is 21.4. The second-order valence-corrected chi connectivity index (χ2v) is 5.75. The first-order chi connectivity index (χ1) is 9.54. The smallest absolute Gasteiger partial charge is 0.312 e. The monoisotopic (exact) mass is 415 g/mol. The maximum Gasteiger partial charge on any atom is 0.312 e. The maximum atomic E-state index is 11.0. The van der Waals surface area contributed by atoms with Crippen LogP contribution in [0.25, 0.3) is 0 Å². The Bertz CT molecular complexity index is 514. The lowest BCUT2D eigenvalue weighted by atomic mass is 10.00. The summed E-state index contributed by atoms with van der Waals surface area (Å²) in [5, 5.41) is 24.5. The Morgan fingerprint density at radius 2 is 2.00 bits per heavy atom. The number of nitrogens with zero attached hydrogens (tertiary/aromatic N) is 2. The number of piperazine rings is 1. The number of rotatable bonds is 4. The Morgan fingerprint density at radius 3 is 2.50 bits per heavy atom. The van der Waals surface area contributed by atoms with Crippen LogP contribution in [0.15, 0.2) is 16.6 Å². The van der Waals surface area contributed by atoms with E-state index in [2.05, 4.69) is 26.1 Å². The molecular weight excluding hydrogens is 397 g/mol. The molecule has 1 saturated heterocycles. The quantitative estimate of drug-likeness (QED) is 0.581. The molecule has 1 aliphatic heterocycles. The third-order valence-corrected chi connectivity index (χ3v) is 4.08. The SMILES string of the molecule is CC[C@H](c1cc(Br)cc([N+](=O)[O-])c1O)N1CCNCC1.Cl.Cl. The summed E-state index contributed by atoms with van der Waals surface area (Å²) in [5.41, 5.74) is 0.374. The molecule has 0 saturated carbocycles. The highest BCUT2D eigenvalue weighted by molar-refractivity contribution is 9.10. The Balaban J connectivity index is 0.00000220. The van der Waals surface area contributed by atoms with E-state index in [1.165, 1.54) is 6.07 Å². The Hall–Kier alpha value is -0.600. The van der Waals surface area contributed by atoms with Crippen molar-refractivity contribution in [3.05, 3.63) is 32.3 Å². The molecule has 6 nitrogen and oxygen atoms in total.